The van der Waals surface area contributed by atoms with Crippen LogP contribution in [0, 0.1) is 17.3 Å². The molecule has 0 spiro atoms. The molecule has 0 aliphatic heterocycles. The fourth-order valence-electron chi connectivity index (χ4n) is 2.61. The number of hydrogen-bond acceptors (Lipinski definition) is 1. The van der Waals surface area contributed by atoms with E-state index >= 15 is 0 Å². The molecule has 1 aliphatic rings. The molecule has 13 heavy (non-hydrogen) atoms. The zero-order valence-electron chi connectivity index (χ0n) is 8.92. The Bertz CT molecular complexity index is 203. The summed E-state index contributed by atoms with van der Waals surface area (Å²) < 4.78 is 0. The Morgan fingerprint density at radius 2 is 2.08 bits per heavy atom. The highest BCUT2D eigenvalue weighted by Crippen LogP contribution is 2.44. The van der Waals surface area contributed by atoms with Crippen molar-refractivity contribution in [2.24, 2.45) is 17.3 Å². The van der Waals surface area contributed by atoms with Crippen molar-refractivity contribution in [2.45, 2.75) is 40.0 Å². The fourth-order valence-corrected chi connectivity index (χ4v) is 2.61. The number of hydrogen-bond donors (Lipinski definition) is 0. The molecule has 2 unspecified atom stereocenters. The van der Waals surface area contributed by atoms with Gasteiger partial charge in [-0.05, 0) is 29.7 Å². The quantitative estimate of drug-likeness (QED) is 0.471. The zero-order chi connectivity index (χ0) is 9.90. The van der Waals surface area contributed by atoms with Crippen molar-refractivity contribution >= 4 is 6.29 Å². The number of carbonyl (C=O) groups excluding carboxylic acids is 1. The molecule has 1 fully saturated rings. The third kappa shape index (κ3) is 2.43. The Morgan fingerprint density at radius 3 is 2.62 bits per heavy atom. The molecule has 1 heteroatoms. The van der Waals surface area contributed by atoms with Gasteiger partial charge in [-0.15, -0.1) is 0 Å². The minimum atomic E-state index is 0.372. The highest BCUT2D eigenvalue weighted by Gasteiger charge is 2.34. The van der Waals surface area contributed by atoms with Crippen LogP contribution in [0.5, 0.6) is 0 Å². The predicted molar refractivity (Wildman–Crippen MR) is 55.5 cm³/mol. The number of rotatable bonds is 2. The molecule has 0 amide bonds. The van der Waals surface area contributed by atoms with Crippen molar-refractivity contribution < 1.29 is 4.79 Å². The van der Waals surface area contributed by atoms with Crippen LogP contribution in [0.1, 0.15) is 40.0 Å². The summed E-state index contributed by atoms with van der Waals surface area (Å²) >= 11 is 0. The summed E-state index contributed by atoms with van der Waals surface area (Å²) in [6, 6.07) is 0. The lowest BCUT2D eigenvalue weighted by atomic mass is 9.64. The molecular formula is C12H20O. The molecule has 0 saturated heterocycles. The molecule has 0 radical (unpaired) electrons. The third-order valence-electron chi connectivity index (χ3n) is 3.39. The lowest BCUT2D eigenvalue weighted by Gasteiger charge is -2.41. The monoisotopic (exact) mass is 180 g/mol. The molecule has 74 valence electrons. The first-order chi connectivity index (χ1) is 6.08. The summed E-state index contributed by atoms with van der Waals surface area (Å²) in [5.74, 6) is 1.30. The molecule has 0 bridgehead atoms. The summed E-state index contributed by atoms with van der Waals surface area (Å²) in [5.41, 5.74) is 0.372. The van der Waals surface area contributed by atoms with Gasteiger partial charge in [0.2, 0.25) is 0 Å². The average Bonchev–Trinajstić information content (AvgIpc) is 2.02. The molecular weight excluding hydrogens is 160 g/mol. The molecule has 2 atom stereocenters. The maximum Gasteiger partial charge on any atom is 0.142 e. The van der Waals surface area contributed by atoms with Gasteiger partial charge in [0, 0.05) is 0 Å². The second kappa shape index (κ2) is 4.08. The van der Waals surface area contributed by atoms with Crippen molar-refractivity contribution in [3.8, 4) is 0 Å². The summed E-state index contributed by atoms with van der Waals surface area (Å²) in [4.78, 5) is 10.3. The first kappa shape index (κ1) is 10.5. The van der Waals surface area contributed by atoms with Gasteiger partial charge in [0.25, 0.3) is 0 Å². The van der Waals surface area contributed by atoms with Crippen LogP contribution in [0.3, 0.4) is 0 Å². The minimum absolute atomic E-state index is 0.372. The molecule has 0 aromatic carbocycles. The Labute approximate surface area is 81.2 Å². The topological polar surface area (TPSA) is 17.1 Å². The normalized spacial score (nSPS) is 33.5. The van der Waals surface area contributed by atoms with Crippen molar-refractivity contribution in [1.29, 1.82) is 0 Å². The van der Waals surface area contributed by atoms with Gasteiger partial charge in [0.1, 0.15) is 6.29 Å². The van der Waals surface area contributed by atoms with Gasteiger partial charge < -0.3 is 0 Å². The first-order valence-electron chi connectivity index (χ1n) is 5.20. The van der Waals surface area contributed by atoms with Gasteiger partial charge in [-0.1, -0.05) is 39.7 Å². The van der Waals surface area contributed by atoms with Crippen LogP contribution < -0.4 is 0 Å². The first-order valence-corrected chi connectivity index (χ1v) is 5.20. The fraction of sp³-hybridized carbons (Fsp3) is 0.750. The van der Waals surface area contributed by atoms with Crippen molar-refractivity contribution in [3.05, 3.63) is 12.2 Å². The maximum atomic E-state index is 10.3. The van der Waals surface area contributed by atoms with Gasteiger partial charge in [0.05, 0.1) is 0 Å². The van der Waals surface area contributed by atoms with Crippen LogP contribution in [0.4, 0.5) is 0 Å². The molecule has 1 aliphatic carbocycles. The van der Waals surface area contributed by atoms with E-state index in [4.69, 9.17) is 0 Å². The van der Waals surface area contributed by atoms with E-state index in [1.54, 1.807) is 6.08 Å². The van der Waals surface area contributed by atoms with Crippen LogP contribution in [-0.2, 0) is 4.79 Å². The second-order valence-corrected chi connectivity index (χ2v) is 4.90. The largest absolute Gasteiger partial charge is 0.299 e. The summed E-state index contributed by atoms with van der Waals surface area (Å²) in [7, 11) is 0. The lowest BCUT2D eigenvalue weighted by Crippen LogP contribution is -2.32. The van der Waals surface area contributed by atoms with Crippen molar-refractivity contribution in [3.63, 3.8) is 0 Å². The third-order valence-corrected chi connectivity index (χ3v) is 3.39. The molecule has 0 heterocycles. The Balaban J connectivity index is 2.74. The van der Waals surface area contributed by atoms with E-state index < -0.39 is 0 Å². The number of aldehydes is 1. The van der Waals surface area contributed by atoms with Crippen LogP contribution in [0.2, 0.25) is 0 Å². The lowest BCUT2D eigenvalue weighted by molar-refractivity contribution is -0.104. The molecule has 1 saturated carbocycles. The van der Waals surface area contributed by atoms with Crippen LogP contribution in [0.25, 0.3) is 0 Å². The van der Waals surface area contributed by atoms with Gasteiger partial charge in [0.15, 0.2) is 0 Å². The predicted octanol–water partition coefficient (Wildman–Crippen LogP) is 3.20. The zero-order valence-corrected chi connectivity index (χ0v) is 8.92. The SMILES string of the molecule is CC1CCCC(C)(C)C1/C=C/C=O. The summed E-state index contributed by atoms with van der Waals surface area (Å²) in [6.07, 6.45) is 8.56. The smallest absolute Gasteiger partial charge is 0.142 e. The van der Waals surface area contributed by atoms with E-state index in [0.29, 0.717) is 11.3 Å². The Morgan fingerprint density at radius 1 is 1.38 bits per heavy atom. The second-order valence-electron chi connectivity index (χ2n) is 4.90. The van der Waals surface area contributed by atoms with Gasteiger partial charge in [-0.2, -0.15) is 0 Å². The van der Waals surface area contributed by atoms with E-state index in [1.165, 1.54) is 19.3 Å². The summed E-state index contributed by atoms with van der Waals surface area (Å²) in [6.45, 7) is 6.91. The highest BCUT2D eigenvalue weighted by atomic mass is 16.1. The Kier molecular flexibility index (Phi) is 3.29. The van der Waals surface area contributed by atoms with Gasteiger partial charge in [-0.3, -0.25) is 4.79 Å². The van der Waals surface area contributed by atoms with Crippen molar-refractivity contribution in [2.75, 3.05) is 0 Å². The molecule has 1 rings (SSSR count). The Hall–Kier alpha value is -0.590. The maximum absolute atomic E-state index is 10.3. The van der Waals surface area contributed by atoms with Crippen molar-refractivity contribution in [1.82, 2.24) is 0 Å². The van der Waals surface area contributed by atoms with E-state index in [1.807, 2.05) is 0 Å². The van der Waals surface area contributed by atoms with Gasteiger partial charge in [-0.25, -0.2) is 0 Å². The highest BCUT2D eigenvalue weighted by molar-refractivity contribution is 5.64. The van der Waals surface area contributed by atoms with E-state index in [9.17, 15) is 4.79 Å². The van der Waals surface area contributed by atoms with Crippen LogP contribution in [0.15, 0.2) is 12.2 Å². The minimum Gasteiger partial charge on any atom is -0.299 e. The molecule has 1 nitrogen and oxygen atoms in total. The standard InChI is InChI=1S/C12H20O/c1-10-6-4-8-12(2,3)11(10)7-5-9-13/h5,7,9-11H,4,6,8H2,1-3H3/b7-5+. The van der Waals surface area contributed by atoms with Crippen LogP contribution >= 0.6 is 0 Å². The van der Waals surface area contributed by atoms with Crippen LogP contribution in [-0.4, -0.2) is 6.29 Å². The molecule has 0 N–H and O–H groups in total. The van der Waals surface area contributed by atoms with Gasteiger partial charge >= 0.3 is 0 Å². The number of carbonyl (C=O) groups is 1. The molecule has 0 aromatic heterocycles. The van der Waals surface area contributed by atoms with E-state index in [2.05, 4.69) is 26.8 Å². The average molecular weight is 180 g/mol. The van der Waals surface area contributed by atoms with E-state index in [0.717, 1.165) is 12.2 Å². The molecule has 0 aromatic rings. The van der Waals surface area contributed by atoms with E-state index in [-0.39, 0.29) is 0 Å². The summed E-state index contributed by atoms with van der Waals surface area (Å²) in [5, 5.41) is 0. The number of allylic oxidation sites excluding steroid dienone is 2.